The average Bonchev–Trinajstić information content (AvgIpc) is 1.94. The Balaban J connectivity index is 0. The van der Waals surface area contributed by atoms with Crippen LogP contribution in [0.5, 0.6) is 0 Å². The van der Waals surface area contributed by atoms with Gasteiger partial charge in [-0.2, -0.15) is 8.42 Å². The third kappa shape index (κ3) is 2.07. The van der Waals surface area contributed by atoms with E-state index in [0.29, 0.717) is 0 Å². The van der Waals surface area contributed by atoms with Gasteiger partial charge in [-0.15, -0.1) is 0 Å². The maximum atomic E-state index is 10.8. The van der Waals surface area contributed by atoms with Gasteiger partial charge in [0.1, 0.15) is 6.04 Å². The van der Waals surface area contributed by atoms with Gasteiger partial charge in [-0.25, -0.2) is 4.31 Å². The van der Waals surface area contributed by atoms with Crippen molar-refractivity contribution in [3.63, 3.8) is 0 Å². The molecule has 0 aromatic heterocycles. The van der Waals surface area contributed by atoms with E-state index in [1.807, 2.05) is 0 Å². The number of nitrogens with two attached hydrogens (primary N) is 2. The predicted molar refractivity (Wildman–Crippen MR) is 40.5 cm³/mol. The number of carbonyl (C=O) groups excluding carboxylic acids is 2. The van der Waals surface area contributed by atoms with E-state index < -0.39 is 34.2 Å². The fourth-order valence-corrected chi connectivity index (χ4v) is 1.90. The number of β-lactam (4-membered cyclic amide) rings is 1. The summed E-state index contributed by atoms with van der Waals surface area (Å²) in [6, 6.07) is -2.78. The standard InChI is InChI=1S/C4H7N3O5S.Na.H/c5-1-2(3(6)8)7(4(1)9)13(10,11)12;;/h1-2H,5H2,(H2,6,8)(H,10,11,12);;/q;+1;-1/t1-,2-;;/m0../s1. The molecular weight excluding hydrogens is 225 g/mol. The molecule has 1 saturated heterocycles. The van der Waals surface area contributed by atoms with Crippen molar-refractivity contribution in [1.82, 2.24) is 4.31 Å². The molecule has 76 valence electrons. The first-order valence-corrected chi connectivity index (χ1v) is 4.52. The van der Waals surface area contributed by atoms with Crippen molar-refractivity contribution >= 4 is 22.1 Å². The molecule has 0 unspecified atom stereocenters. The van der Waals surface area contributed by atoms with Gasteiger partial charge >= 0.3 is 39.9 Å². The minimum Gasteiger partial charge on any atom is -1.00 e. The predicted octanol–water partition coefficient (Wildman–Crippen LogP) is -6.07. The van der Waals surface area contributed by atoms with Crippen LogP contribution in [0.1, 0.15) is 1.43 Å². The Labute approximate surface area is 103 Å². The van der Waals surface area contributed by atoms with Gasteiger partial charge in [0.05, 0.1) is 0 Å². The van der Waals surface area contributed by atoms with E-state index in [2.05, 4.69) is 0 Å². The molecule has 1 heterocycles. The molecule has 14 heavy (non-hydrogen) atoms. The number of hydrogen-bond acceptors (Lipinski definition) is 5. The van der Waals surface area contributed by atoms with Crippen molar-refractivity contribution in [3.05, 3.63) is 0 Å². The topological polar surface area (TPSA) is 144 Å². The second kappa shape index (κ2) is 4.13. The molecular formula is C4H8N3NaO5S. The molecule has 0 bridgehead atoms. The number of hydrogen-bond donors (Lipinski definition) is 3. The Morgan fingerprint density at radius 3 is 2.21 bits per heavy atom. The summed E-state index contributed by atoms with van der Waals surface area (Å²) in [5, 5.41) is 0. The first kappa shape index (κ1) is 13.8. The zero-order valence-electron chi connectivity index (χ0n) is 8.25. The number of amides is 2. The molecule has 0 saturated carbocycles. The van der Waals surface area contributed by atoms with Crippen molar-refractivity contribution in [2.24, 2.45) is 11.5 Å². The van der Waals surface area contributed by atoms with E-state index in [9.17, 15) is 18.0 Å². The SMILES string of the molecule is NC(=O)[C@@H]1[C@H](N)C(=O)N1S(=O)(=O)O.[H-].[Na+]. The third-order valence-electron chi connectivity index (χ3n) is 1.64. The Morgan fingerprint density at radius 2 is 2.00 bits per heavy atom. The van der Waals surface area contributed by atoms with Crippen LogP contribution in [0.15, 0.2) is 0 Å². The van der Waals surface area contributed by atoms with Crippen molar-refractivity contribution in [2.45, 2.75) is 12.1 Å². The average molecular weight is 233 g/mol. The summed E-state index contributed by atoms with van der Waals surface area (Å²) >= 11 is 0. The van der Waals surface area contributed by atoms with Gasteiger partial charge in [-0.3, -0.25) is 14.1 Å². The van der Waals surface area contributed by atoms with Crippen LogP contribution in [0.3, 0.4) is 0 Å². The van der Waals surface area contributed by atoms with Crippen molar-refractivity contribution in [2.75, 3.05) is 0 Å². The molecule has 1 fully saturated rings. The van der Waals surface area contributed by atoms with E-state index in [0.717, 1.165) is 0 Å². The normalized spacial score (nSPS) is 26.4. The number of nitrogens with zero attached hydrogens (tertiary/aromatic N) is 1. The second-order valence-electron chi connectivity index (χ2n) is 2.48. The third-order valence-corrected chi connectivity index (χ3v) is 2.54. The summed E-state index contributed by atoms with van der Waals surface area (Å²) in [5.74, 6) is -2.13. The van der Waals surface area contributed by atoms with Gasteiger partial charge in [0.15, 0.2) is 6.04 Å². The minimum absolute atomic E-state index is 0. The largest absolute Gasteiger partial charge is 1.00 e. The zero-order chi connectivity index (χ0) is 10.4. The van der Waals surface area contributed by atoms with Crippen LogP contribution < -0.4 is 41.0 Å². The van der Waals surface area contributed by atoms with Gasteiger partial charge in [-0.1, -0.05) is 0 Å². The maximum Gasteiger partial charge on any atom is 1.00 e. The molecule has 0 aliphatic carbocycles. The molecule has 2 atom stereocenters. The summed E-state index contributed by atoms with van der Waals surface area (Å²) in [6.45, 7) is 0. The molecule has 1 rings (SSSR count). The van der Waals surface area contributed by atoms with Crippen LogP contribution in [0, 0.1) is 0 Å². The molecule has 10 heteroatoms. The van der Waals surface area contributed by atoms with Crippen LogP contribution >= 0.6 is 0 Å². The van der Waals surface area contributed by atoms with Crippen LogP contribution in [-0.4, -0.2) is 41.2 Å². The molecule has 1 aliphatic heterocycles. The van der Waals surface area contributed by atoms with Crippen molar-refractivity contribution < 1.29 is 53.5 Å². The van der Waals surface area contributed by atoms with Crippen LogP contribution in [0.25, 0.3) is 0 Å². The van der Waals surface area contributed by atoms with E-state index in [1.54, 1.807) is 0 Å². The van der Waals surface area contributed by atoms with Gasteiger partial charge < -0.3 is 12.9 Å². The molecule has 0 radical (unpaired) electrons. The molecule has 8 nitrogen and oxygen atoms in total. The molecule has 2 amide bonds. The Morgan fingerprint density at radius 1 is 1.57 bits per heavy atom. The first-order valence-electron chi connectivity index (χ1n) is 3.12. The number of carbonyl (C=O) groups is 2. The van der Waals surface area contributed by atoms with Crippen molar-refractivity contribution in [3.8, 4) is 0 Å². The van der Waals surface area contributed by atoms with Crippen LogP contribution in [0.4, 0.5) is 0 Å². The molecule has 1 aliphatic rings. The van der Waals surface area contributed by atoms with Gasteiger partial charge in [0.25, 0.3) is 5.91 Å². The fraction of sp³-hybridized carbons (Fsp3) is 0.500. The molecule has 0 aromatic carbocycles. The van der Waals surface area contributed by atoms with Crippen LogP contribution in [0.2, 0.25) is 0 Å². The zero-order valence-corrected chi connectivity index (χ0v) is 10.1. The summed E-state index contributed by atoms with van der Waals surface area (Å²) in [4.78, 5) is 21.3. The monoisotopic (exact) mass is 233 g/mol. The van der Waals surface area contributed by atoms with Crippen LogP contribution in [-0.2, 0) is 19.9 Å². The van der Waals surface area contributed by atoms with E-state index in [1.165, 1.54) is 0 Å². The Hall–Kier alpha value is -0.190. The Bertz CT molecular complexity index is 372. The van der Waals surface area contributed by atoms with E-state index >= 15 is 0 Å². The van der Waals surface area contributed by atoms with E-state index in [4.69, 9.17) is 16.0 Å². The quantitative estimate of drug-likeness (QED) is 0.246. The first-order chi connectivity index (χ1) is 5.76. The Kier molecular flexibility index (Phi) is 4.07. The van der Waals surface area contributed by atoms with Gasteiger partial charge in [0, 0.05) is 0 Å². The second-order valence-corrected chi connectivity index (χ2v) is 3.77. The van der Waals surface area contributed by atoms with Gasteiger partial charge in [0.2, 0.25) is 5.91 Å². The summed E-state index contributed by atoms with van der Waals surface area (Å²) in [7, 11) is -4.74. The molecule has 0 aromatic rings. The summed E-state index contributed by atoms with van der Waals surface area (Å²) < 4.78 is 29.4. The fourth-order valence-electron chi connectivity index (χ4n) is 1.03. The molecule has 5 N–H and O–H groups in total. The number of rotatable bonds is 2. The maximum absolute atomic E-state index is 10.8. The van der Waals surface area contributed by atoms with Crippen molar-refractivity contribution in [1.29, 1.82) is 0 Å². The smallest absolute Gasteiger partial charge is 1.00 e. The molecule has 0 spiro atoms. The minimum atomic E-state index is -4.74. The summed E-state index contributed by atoms with van der Waals surface area (Å²) in [6.07, 6.45) is 0. The van der Waals surface area contributed by atoms with Gasteiger partial charge in [-0.05, 0) is 0 Å². The van der Waals surface area contributed by atoms with E-state index in [-0.39, 0.29) is 35.3 Å². The number of primary amides is 1. The summed E-state index contributed by atoms with van der Waals surface area (Å²) in [5.41, 5.74) is 9.84.